The van der Waals surface area contributed by atoms with E-state index in [9.17, 15) is 9.18 Å². The van der Waals surface area contributed by atoms with Gasteiger partial charge in [0, 0.05) is 11.8 Å². The molecule has 3 nitrogen and oxygen atoms in total. The van der Waals surface area contributed by atoms with Crippen LogP contribution in [0.2, 0.25) is 0 Å². The van der Waals surface area contributed by atoms with Gasteiger partial charge in [0.25, 0.3) is 5.91 Å². The third-order valence-corrected chi connectivity index (χ3v) is 2.68. The maximum absolute atomic E-state index is 13.4. The molecule has 18 heavy (non-hydrogen) atoms. The summed E-state index contributed by atoms with van der Waals surface area (Å²) in [6.45, 7) is 3.50. The number of nitrogens with one attached hydrogen (secondary N) is 1. The zero-order valence-corrected chi connectivity index (χ0v) is 10.2. The number of carbonyl (C=O) groups is 1. The molecule has 0 aliphatic heterocycles. The Morgan fingerprint density at radius 1 is 1.22 bits per heavy atom. The van der Waals surface area contributed by atoms with Crippen LogP contribution in [-0.4, -0.2) is 10.9 Å². The maximum atomic E-state index is 13.4. The van der Waals surface area contributed by atoms with Crippen molar-refractivity contribution in [3.63, 3.8) is 0 Å². The van der Waals surface area contributed by atoms with E-state index in [4.69, 9.17) is 0 Å². The monoisotopic (exact) mass is 244 g/mol. The number of anilines is 1. The molecule has 0 fully saturated rings. The van der Waals surface area contributed by atoms with E-state index in [2.05, 4.69) is 10.3 Å². The van der Waals surface area contributed by atoms with Gasteiger partial charge in [-0.05, 0) is 43.2 Å². The summed E-state index contributed by atoms with van der Waals surface area (Å²) in [5.74, 6) is -0.264. The first-order valence-corrected chi connectivity index (χ1v) is 5.57. The molecule has 1 N–H and O–H groups in total. The van der Waals surface area contributed by atoms with E-state index < -0.39 is 0 Å². The highest BCUT2D eigenvalue weighted by molar-refractivity contribution is 6.04. The Morgan fingerprint density at radius 3 is 2.67 bits per heavy atom. The molecule has 0 radical (unpaired) electrons. The van der Waals surface area contributed by atoms with Crippen molar-refractivity contribution in [2.75, 3.05) is 5.32 Å². The Kier molecular flexibility index (Phi) is 3.37. The lowest BCUT2D eigenvalue weighted by molar-refractivity contribution is 0.102. The van der Waals surface area contributed by atoms with Crippen LogP contribution >= 0.6 is 0 Å². The van der Waals surface area contributed by atoms with Gasteiger partial charge in [0.15, 0.2) is 0 Å². The SMILES string of the molecule is Cc1ccc(C(=O)Nc2ncccc2C)cc1F. The Labute approximate surface area is 105 Å². The van der Waals surface area contributed by atoms with E-state index in [1.807, 2.05) is 13.0 Å². The van der Waals surface area contributed by atoms with Gasteiger partial charge in [0.2, 0.25) is 0 Å². The number of aromatic nitrogens is 1. The Bertz CT molecular complexity index is 596. The highest BCUT2D eigenvalue weighted by Crippen LogP contribution is 2.13. The summed E-state index contributed by atoms with van der Waals surface area (Å²) in [6.07, 6.45) is 1.60. The molecule has 1 aromatic heterocycles. The molecule has 2 aromatic rings. The molecule has 0 atom stereocenters. The summed E-state index contributed by atoms with van der Waals surface area (Å²) in [5, 5.41) is 2.66. The Hall–Kier alpha value is -2.23. The van der Waals surface area contributed by atoms with Crippen LogP contribution in [0.1, 0.15) is 21.5 Å². The number of hydrogen-bond acceptors (Lipinski definition) is 2. The van der Waals surface area contributed by atoms with Gasteiger partial charge in [0.1, 0.15) is 11.6 Å². The van der Waals surface area contributed by atoms with Gasteiger partial charge in [-0.3, -0.25) is 4.79 Å². The summed E-state index contributed by atoms with van der Waals surface area (Å²) < 4.78 is 13.4. The molecule has 0 aliphatic carbocycles. The van der Waals surface area contributed by atoms with Crippen LogP contribution in [0.15, 0.2) is 36.5 Å². The van der Waals surface area contributed by atoms with Crippen LogP contribution in [0.4, 0.5) is 10.2 Å². The first kappa shape index (κ1) is 12.2. The third-order valence-electron chi connectivity index (χ3n) is 2.68. The minimum Gasteiger partial charge on any atom is -0.306 e. The normalized spacial score (nSPS) is 10.2. The number of nitrogens with zero attached hydrogens (tertiary/aromatic N) is 1. The van der Waals surface area contributed by atoms with E-state index in [0.717, 1.165) is 5.56 Å². The first-order chi connectivity index (χ1) is 8.58. The van der Waals surface area contributed by atoms with Gasteiger partial charge in [-0.25, -0.2) is 9.37 Å². The minimum absolute atomic E-state index is 0.281. The van der Waals surface area contributed by atoms with Crippen LogP contribution in [0.3, 0.4) is 0 Å². The lowest BCUT2D eigenvalue weighted by Gasteiger charge is -2.07. The molecule has 92 valence electrons. The molecular formula is C14H13FN2O. The summed E-state index contributed by atoms with van der Waals surface area (Å²) in [6, 6.07) is 8.03. The van der Waals surface area contributed by atoms with Gasteiger partial charge < -0.3 is 5.32 Å². The van der Waals surface area contributed by atoms with Crippen molar-refractivity contribution in [1.29, 1.82) is 0 Å². The average Bonchev–Trinajstić information content (AvgIpc) is 2.35. The summed E-state index contributed by atoms with van der Waals surface area (Å²) in [4.78, 5) is 16.0. The quantitative estimate of drug-likeness (QED) is 0.882. The third kappa shape index (κ3) is 2.53. The molecule has 1 heterocycles. The summed E-state index contributed by atoms with van der Waals surface area (Å²) in [7, 11) is 0. The number of aryl methyl sites for hydroxylation is 2. The summed E-state index contributed by atoms with van der Waals surface area (Å²) in [5.41, 5.74) is 1.65. The second kappa shape index (κ2) is 4.96. The van der Waals surface area contributed by atoms with Gasteiger partial charge in [-0.2, -0.15) is 0 Å². The molecule has 0 bridgehead atoms. The predicted molar refractivity (Wildman–Crippen MR) is 68.1 cm³/mol. The average molecular weight is 244 g/mol. The molecule has 0 aliphatic rings. The van der Waals surface area contributed by atoms with Crippen molar-refractivity contribution in [2.24, 2.45) is 0 Å². The van der Waals surface area contributed by atoms with E-state index in [-0.39, 0.29) is 17.3 Å². The second-order valence-corrected chi connectivity index (χ2v) is 4.09. The Morgan fingerprint density at radius 2 is 2.00 bits per heavy atom. The molecule has 4 heteroatoms. The van der Waals surface area contributed by atoms with Crippen molar-refractivity contribution in [3.05, 3.63) is 59.0 Å². The lowest BCUT2D eigenvalue weighted by atomic mass is 10.1. The number of benzene rings is 1. The fraction of sp³-hybridized carbons (Fsp3) is 0.143. The molecule has 0 spiro atoms. The maximum Gasteiger partial charge on any atom is 0.256 e. The van der Waals surface area contributed by atoms with E-state index >= 15 is 0 Å². The van der Waals surface area contributed by atoms with E-state index in [1.165, 1.54) is 6.07 Å². The standard InChI is InChI=1S/C14H13FN2O/c1-9-5-6-11(8-12(9)15)14(18)17-13-10(2)4-3-7-16-13/h3-8H,1-2H3,(H,16,17,18). The summed E-state index contributed by atoms with van der Waals surface area (Å²) >= 11 is 0. The smallest absolute Gasteiger partial charge is 0.256 e. The van der Waals surface area contributed by atoms with Crippen molar-refractivity contribution >= 4 is 11.7 Å². The van der Waals surface area contributed by atoms with Gasteiger partial charge in [-0.1, -0.05) is 12.1 Å². The lowest BCUT2D eigenvalue weighted by Crippen LogP contribution is -2.14. The number of rotatable bonds is 2. The van der Waals surface area contributed by atoms with E-state index in [0.29, 0.717) is 11.4 Å². The second-order valence-electron chi connectivity index (χ2n) is 4.09. The molecule has 0 unspecified atom stereocenters. The highest BCUT2D eigenvalue weighted by Gasteiger charge is 2.10. The molecule has 1 amide bonds. The number of amides is 1. The largest absolute Gasteiger partial charge is 0.306 e. The van der Waals surface area contributed by atoms with Gasteiger partial charge in [-0.15, -0.1) is 0 Å². The molecule has 2 rings (SSSR count). The molecule has 0 saturated heterocycles. The van der Waals surface area contributed by atoms with Crippen molar-refractivity contribution in [1.82, 2.24) is 4.98 Å². The van der Waals surface area contributed by atoms with Crippen LogP contribution in [0, 0.1) is 19.7 Å². The molecular weight excluding hydrogens is 231 g/mol. The minimum atomic E-state index is -0.389. The van der Waals surface area contributed by atoms with Crippen LogP contribution in [0.25, 0.3) is 0 Å². The number of carbonyl (C=O) groups excluding carboxylic acids is 1. The predicted octanol–water partition coefficient (Wildman–Crippen LogP) is 3.09. The van der Waals surface area contributed by atoms with Crippen molar-refractivity contribution in [3.8, 4) is 0 Å². The number of halogens is 1. The molecule has 1 aromatic carbocycles. The zero-order chi connectivity index (χ0) is 13.1. The topological polar surface area (TPSA) is 42.0 Å². The number of hydrogen-bond donors (Lipinski definition) is 1. The van der Waals surface area contributed by atoms with E-state index in [1.54, 1.807) is 31.3 Å². The fourth-order valence-corrected chi connectivity index (χ4v) is 1.53. The van der Waals surface area contributed by atoms with Crippen molar-refractivity contribution < 1.29 is 9.18 Å². The Balaban J connectivity index is 2.22. The van der Waals surface area contributed by atoms with Gasteiger partial charge in [0.05, 0.1) is 0 Å². The molecule has 0 saturated carbocycles. The number of pyridine rings is 1. The van der Waals surface area contributed by atoms with Crippen molar-refractivity contribution in [2.45, 2.75) is 13.8 Å². The zero-order valence-electron chi connectivity index (χ0n) is 10.2. The van der Waals surface area contributed by atoms with Crippen LogP contribution in [-0.2, 0) is 0 Å². The fourth-order valence-electron chi connectivity index (χ4n) is 1.53. The van der Waals surface area contributed by atoms with Crippen LogP contribution in [0.5, 0.6) is 0 Å². The highest BCUT2D eigenvalue weighted by atomic mass is 19.1. The van der Waals surface area contributed by atoms with Crippen LogP contribution < -0.4 is 5.32 Å². The first-order valence-electron chi connectivity index (χ1n) is 5.57. The van der Waals surface area contributed by atoms with Gasteiger partial charge >= 0.3 is 0 Å².